The molecule has 2 aliphatic rings. The average Bonchev–Trinajstić information content (AvgIpc) is 3.32. The minimum atomic E-state index is -0.426. The van der Waals surface area contributed by atoms with Crippen LogP contribution in [-0.2, 0) is 6.54 Å². The first kappa shape index (κ1) is 18.6. The Morgan fingerprint density at radius 3 is 2.80 bits per heavy atom. The van der Waals surface area contributed by atoms with Crippen LogP contribution in [0.2, 0.25) is 0 Å². The highest BCUT2D eigenvalue weighted by Gasteiger charge is 2.35. The van der Waals surface area contributed by atoms with Gasteiger partial charge in [0.1, 0.15) is 30.0 Å². The molecule has 0 saturated heterocycles. The topological polar surface area (TPSA) is 82.4 Å². The van der Waals surface area contributed by atoms with Crippen molar-refractivity contribution in [2.75, 3.05) is 11.5 Å². The van der Waals surface area contributed by atoms with Crippen LogP contribution >= 0.6 is 0 Å². The van der Waals surface area contributed by atoms with Crippen LogP contribution in [-0.4, -0.2) is 37.9 Å². The lowest BCUT2D eigenvalue weighted by Gasteiger charge is -2.32. The van der Waals surface area contributed by atoms with Crippen molar-refractivity contribution in [3.8, 4) is 23.0 Å². The zero-order valence-corrected chi connectivity index (χ0v) is 17.4. The summed E-state index contributed by atoms with van der Waals surface area (Å²) in [4.78, 5) is 19.6. The number of anilines is 1. The van der Waals surface area contributed by atoms with Crippen LogP contribution in [0, 0.1) is 0 Å². The van der Waals surface area contributed by atoms with Crippen LogP contribution in [0.4, 0.5) is 5.82 Å². The van der Waals surface area contributed by atoms with E-state index in [1.54, 1.807) is 17.3 Å². The minimum Gasteiger partial charge on any atom is -0.486 e. The summed E-state index contributed by atoms with van der Waals surface area (Å²) in [6.07, 6.45) is 1.69. The molecule has 154 valence electrons. The lowest BCUT2D eigenvalue weighted by Crippen LogP contribution is -2.38. The maximum absolute atomic E-state index is 13.2. The molecule has 2 aromatic heterocycles. The fourth-order valence-electron chi connectivity index (χ4n) is 3.78. The van der Waals surface area contributed by atoms with E-state index in [0.717, 1.165) is 5.56 Å². The van der Waals surface area contributed by atoms with Crippen LogP contribution in [0.1, 0.15) is 49.7 Å². The van der Waals surface area contributed by atoms with Gasteiger partial charge in [0.05, 0.1) is 6.54 Å². The van der Waals surface area contributed by atoms with Gasteiger partial charge in [-0.3, -0.25) is 9.69 Å². The van der Waals surface area contributed by atoms with E-state index in [4.69, 9.17) is 14.5 Å². The fraction of sp³-hybridized carbons (Fsp3) is 0.364. The van der Waals surface area contributed by atoms with Crippen molar-refractivity contribution >= 4 is 11.7 Å². The Bertz CT molecular complexity index is 1150. The van der Waals surface area contributed by atoms with E-state index in [0.29, 0.717) is 47.6 Å². The summed E-state index contributed by atoms with van der Waals surface area (Å²) in [7, 11) is 0. The first-order chi connectivity index (χ1) is 14.3. The highest BCUT2D eigenvalue weighted by Crippen LogP contribution is 2.40. The van der Waals surface area contributed by atoms with E-state index in [2.05, 4.69) is 24.0 Å². The number of aromatic nitrogens is 4. The molecule has 0 saturated carbocycles. The monoisotopic (exact) mass is 405 g/mol. The summed E-state index contributed by atoms with van der Waals surface area (Å²) in [6.45, 7) is 8.94. The zero-order chi connectivity index (χ0) is 21.0. The summed E-state index contributed by atoms with van der Waals surface area (Å²) in [5.74, 6) is 2.43. The molecule has 3 aromatic rings. The molecule has 0 unspecified atom stereocenters. The van der Waals surface area contributed by atoms with Gasteiger partial charge in [-0.2, -0.15) is 0 Å². The number of nitrogens with zero attached hydrogens (tertiary/aromatic N) is 5. The van der Waals surface area contributed by atoms with Crippen molar-refractivity contribution in [2.45, 2.75) is 45.9 Å². The van der Waals surface area contributed by atoms with E-state index < -0.39 is 5.60 Å². The van der Waals surface area contributed by atoms with E-state index in [1.807, 2.05) is 42.7 Å². The molecular formula is C22H23N5O3. The largest absolute Gasteiger partial charge is 0.486 e. The Kier molecular flexibility index (Phi) is 4.06. The summed E-state index contributed by atoms with van der Waals surface area (Å²) in [5.41, 5.74) is 1.77. The van der Waals surface area contributed by atoms with Crippen LogP contribution in [0.5, 0.6) is 11.5 Å². The van der Waals surface area contributed by atoms with E-state index in [9.17, 15) is 4.79 Å². The highest BCUT2D eigenvalue weighted by atomic mass is 16.6. The van der Waals surface area contributed by atoms with Crippen molar-refractivity contribution < 1.29 is 14.3 Å². The number of fused-ring (bicyclic) bond motifs is 2. The smallest absolute Gasteiger partial charge is 0.260 e. The van der Waals surface area contributed by atoms with Gasteiger partial charge >= 0.3 is 0 Å². The molecule has 8 nitrogen and oxygen atoms in total. The third-order valence-electron chi connectivity index (χ3n) is 5.30. The van der Waals surface area contributed by atoms with E-state index in [1.165, 1.54) is 0 Å². The van der Waals surface area contributed by atoms with Gasteiger partial charge < -0.3 is 14.0 Å². The molecule has 5 rings (SSSR count). The highest BCUT2D eigenvalue weighted by molar-refractivity contribution is 6.10. The number of carbonyl (C=O) groups is 1. The molecule has 4 heterocycles. The van der Waals surface area contributed by atoms with Crippen molar-refractivity contribution in [3.63, 3.8) is 0 Å². The number of amides is 1. The first-order valence-electron chi connectivity index (χ1n) is 10.00. The number of hydrogen-bond donors (Lipinski definition) is 0. The van der Waals surface area contributed by atoms with Gasteiger partial charge in [-0.05, 0) is 57.5 Å². The quantitative estimate of drug-likeness (QED) is 0.662. The standard InChI is InChI=1S/C22H23N5O3/c1-13(2)27-12-23-25-20(27)16-6-5-7-19(24-16)26-10-14-8-17-18(9-15(14)21(26)28)30-22(3,4)11-29-17/h5-9,12-13H,10-11H2,1-4H3. The molecule has 2 aliphatic heterocycles. The second-order valence-electron chi connectivity index (χ2n) is 8.53. The summed E-state index contributed by atoms with van der Waals surface area (Å²) in [6, 6.07) is 9.48. The summed E-state index contributed by atoms with van der Waals surface area (Å²) < 4.78 is 13.8. The van der Waals surface area contributed by atoms with Gasteiger partial charge in [-0.1, -0.05) is 6.07 Å². The third-order valence-corrected chi connectivity index (χ3v) is 5.30. The van der Waals surface area contributed by atoms with Gasteiger partial charge in [0, 0.05) is 11.6 Å². The van der Waals surface area contributed by atoms with Gasteiger partial charge in [0.2, 0.25) is 0 Å². The molecule has 0 aliphatic carbocycles. The van der Waals surface area contributed by atoms with Crippen LogP contribution in [0.3, 0.4) is 0 Å². The molecular weight excluding hydrogens is 382 g/mol. The van der Waals surface area contributed by atoms with Crippen LogP contribution < -0.4 is 14.4 Å². The fourth-order valence-corrected chi connectivity index (χ4v) is 3.78. The predicted molar refractivity (Wildman–Crippen MR) is 111 cm³/mol. The second kappa shape index (κ2) is 6.55. The first-order valence-corrected chi connectivity index (χ1v) is 10.00. The Hall–Kier alpha value is -3.42. The van der Waals surface area contributed by atoms with Gasteiger partial charge in [-0.25, -0.2) is 4.98 Å². The molecule has 0 N–H and O–H groups in total. The number of hydrogen-bond acceptors (Lipinski definition) is 6. The molecule has 1 aromatic carbocycles. The van der Waals surface area contributed by atoms with Crippen LogP contribution in [0.15, 0.2) is 36.7 Å². The normalized spacial score (nSPS) is 16.8. The third kappa shape index (κ3) is 2.99. The maximum Gasteiger partial charge on any atom is 0.260 e. The number of pyridine rings is 1. The Balaban J connectivity index is 1.49. The molecule has 0 radical (unpaired) electrons. The van der Waals surface area contributed by atoms with E-state index >= 15 is 0 Å². The van der Waals surface area contributed by atoms with Crippen molar-refractivity contribution in [3.05, 3.63) is 47.8 Å². The minimum absolute atomic E-state index is 0.102. The zero-order valence-electron chi connectivity index (χ0n) is 17.4. The van der Waals surface area contributed by atoms with Gasteiger partial charge in [0.25, 0.3) is 5.91 Å². The lowest BCUT2D eigenvalue weighted by atomic mass is 10.1. The Labute approximate surface area is 174 Å². The Morgan fingerprint density at radius 2 is 2.00 bits per heavy atom. The van der Waals surface area contributed by atoms with Crippen molar-refractivity contribution in [1.82, 2.24) is 19.7 Å². The summed E-state index contributed by atoms with van der Waals surface area (Å²) in [5, 5.41) is 8.23. The summed E-state index contributed by atoms with van der Waals surface area (Å²) >= 11 is 0. The molecule has 0 fully saturated rings. The van der Waals surface area contributed by atoms with Crippen molar-refractivity contribution in [1.29, 1.82) is 0 Å². The molecule has 0 bridgehead atoms. The second-order valence-corrected chi connectivity index (χ2v) is 8.53. The molecule has 0 spiro atoms. The number of rotatable bonds is 3. The number of carbonyl (C=O) groups excluding carboxylic acids is 1. The maximum atomic E-state index is 13.2. The molecule has 1 amide bonds. The van der Waals surface area contributed by atoms with E-state index in [-0.39, 0.29) is 11.9 Å². The van der Waals surface area contributed by atoms with Gasteiger partial charge in [0.15, 0.2) is 17.3 Å². The SMILES string of the molecule is CC(C)n1cnnc1-c1cccc(N2Cc3cc4c(cc3C2=O)OC(C)(C)CO4)n1. The molecule has 8 heteroatoms. The molecule has 30 heavy (non-hydrogen) atoms. The van der Waals surface area contributed by atoms with Crippen LogP contribution in [0.25, 0.3) is 11.5 Å². The average molecular weight is 405 g/mol. The molecule has 0 atom stereocenters. The predicted octanol–water partition coefficient (Wildman–Crippen LogP) is 3.63. The van der Waals surface area contributed by atoms with Gasteiger partial charge in [-0.15, -0.1) is 10.2 Å². The van der Waals surface area contributed by atoms with Crippen molar-refractivity contribution in [2.24, 2.45) is 0 Å². The number of ether oxygens (including phenoxy) is 2. The Morgan fingerprint density at radius 1 is 1.17 bits per heavy atom. The number of benzene rings is 1. The lowest BCUT2D eigenvalue weighted by molar-refractivity contribution is 0.0212.